The molecular weight excluding hydrogens is 438 g/mol. The van der Waals surface area contributed by atoms with Crippen molar-refractivity contribution in [3.8, 4) is 0 Å². The van der Waals surface area contributed by atoms with Gasteiger partial charge in [0.05, 0.1) is 36.1 Å². The molecule has 2 heterocycles. The molecule has 0 aliphatic heterocycles. The van der Waals surface area contributed by atoms with Crippen LogP contribution in [0.3, 0.4) is 0 Å². The molecule has 1 unspecified atom stereocenters. The van der Waals surface area contributed by atoms with Crippen molar-refractivity contribution < 1.29 is 22.4 Å². The number of aryl methyl sites for hydroxylation is 1. The molecule has 33 heavy (non-hydrogen) atoms. The first-order valence-electron chi connectivity index (χ1n) is 10.8. The Labute approximate surface area is 188 Å². The molecule has 1 aromatic carbocycles. The lowest BCUT2D eigenvalue weighted by Gasteiger charge is -2.15. The van der Waals surface area contributed by atoms with Crippen LogP contribution in [-0.2, 0) is 24.1 Å². The molecule has 176 valence electrons. The highest BCUT2D eigenvalue weighted by molar-refractivity contribution is 5.93. The maximum absolute atomic E-state index is 14.0. The van der Waals surface area contributed by atoms with Gasteiger partial charge >= 0.3 is 6.18 Å². The van der Waals surface area contributed by atoms with E-state index in [-0.39, 0.29) is 30.7 Å². The molecule has 0 spiro atoms. The van der Waals surface area contributed by atoms with Crippen molar-refractivity contribution in [2.24, 2.45) is 5.92 Å². The number of halogens is 4. The minimum atomic E-state index is -4.53. The van der Waals surface area contributed by atoms with E-state index in [0.717, 1.165) is 18.9 Å². The Morgan fingerprint density at radius 3 is 2.52 bits per heavy atom. The second-order valence-corrected chi connectivity index (χ2v) is 8.59. The maximum Gasteiger partial charge on any atom is 0.435 e. The van der Waals surface area contributed by atoms with Crippen LogP contribution in [0.25, 0.3) is 0 Å². The first-order chi connectivity index (χ1) is 15.5. The number of hydrogen-bond acceptors (Lipinski definition) is 3. The number of benzene rings is 1. The molecule has 1 saturated carbocycles. The van der Waals surface area contributed by atoms with Crippen LogP contribution in [0.4, 0.5) is 23.2 Å². The average Bonchev–Trinajstić information content (AvgIpc) is 3.45. The Hall–Kier alpha value is -3.17. The van der Waals surface area contributed by atoms with Crippen LogP contribution in [0, 0.1) is 25.6 Å². The van der Waals surface area contributed by atoms with E-state index in [4.69, 9.17) is 0 Å². The van der Waals surface area contributed by atoms with Gasteiger partial charge in [0.2, 0.25) is 5.91 Å². The van der Waals surface area contributed by atoms with Crippen LogP contribution < -0.4 is 5.32 Å². The fourth-order valence-electron chi connectivity index (χ4n) is 3.83. The second kappa shape index (κ2) is 8.64. The Morgan fingerprint density at radius 1 is 1.18 bits per heavy atom. The monoisotopic (exact) mass is 463 g/mol. The zero-order valence-corrected chi connectivity index (χ0v) is 18.6. The molecule has 1 atom stereocenters. The first-order valence-corrected chi connectivity index (χ1v) is 10.8. The van der Waals surface area contributed by atoms with Gasteiger partial charge in [0.1, 0.15) is 5.82 Å². The third kappa shape index (κ3) is 4.94. The van der Waals surface area contributed by atoms with Crippen molar-refractivity contribution in [3.63, 3.8) is 0 Å². The molecule has 4 rings (SSSR count). The summed E-state index contributed by atoms with van der Waals surface area (Å²) in [6, 6.07) is 7.48. The van der Waals surface area contributed by atoms with Crippen LogP contribution in [0.5, 0.6) is 0 Å². The SMILES string of the molecule is Cc1nn(Cc2ccccc2F)c(C)c1NC(=O)C(C)Cn1nc(C(F)(F)F)cc1C1CC1. The van der Waals surface area contributed by atoms with Crippen molar-refractivity contribution in [1.29, 1.82) is 0 Å². The summed E-state index contributed by atoms with van der Waals surface area (Å²) in [6.45, 7) is 5.41. The van der Waals surface area contributed by atoms with E-state index in [1.165, 1.54) is 10.7 Å². The number of nitrogens with zero attached hydrogens (tertiary/aromatic N) is 4. The normalized spacial score (nSPS) is 15.0. The standard InChI is InChI=1S/C23H25F4N5O/c1-13(11-32-19(16-8-9-16)10-20(30-32)23(25,26)27)22(33)28-21-14(2)29-31(15(21)3)12-17-6-4-5-7-18(17)24/h4-7,10,13,16H,8-9,11-12H2,1-3H3,(H,28,33). The summed E-state index contributed by atoms with van der Waals surface area (Å²) >= 11 is 0. The number of carbonyl (C=O) groups excluding carboxylic acids is 1. The number of aromatic nitrogens is 4. The lowest BCUT2D eigenvalue weighted by Crippen LogP contribution is -2.26. The minimum absolute atomic E-state index is 0.0369. The zero-order chi connectivity index (χ0) is 23.9. The molecule has 1 aliphatic rings. The predicted octanol–water partition coefficient (Wildman–Crippen LogP) is 5.05. The highest BCUT2D eigenvalue weighted by Crippen LogP contribution is 2.42. The fourth-order valence-corrected chi connectivity index (χ4v) is 3.83. The number of nitrogens with one attached hydrogen (secondary N) is 1. The first kappa shape index (κ1) is 23.0. The number of alkyl halides is 3. The average molecular weight is 463 g/mol. The highest BCUT2D eigenvalue weighted by atomic mass is 19.4. The van der Waals surface area contributed by atoms with E-state index in [1.807, 2.05) is 0 Å². The highest BCUT2D eigenvalue weighted by Gasteiger charge is 2.38. The molecule has 6 nitrogen and oxygen atoms in total. The van der Waals surface area contributed by atoms with Gasteiger partial charge in [-0.3, -0.25) is 14.2 Å². The van der Waals surface area contributed by atoms with Crippen LogP contribution in [0.1, 0.15) is 54.0 Å². The number of carbonyl (C=O) groups is 1. The molecule has 0 bridgehead atoms. The third-order valence-electron chi connectivity index (χ3n) is 5.90. The molecule has 1 aliphatic carbocycles. The van der Waals surface area contributed by atoms with Crippen LogP contribution >= 0.6 is 0 Å². The minimum Gasteiger partial charge on any atom is -0.323 e. The van der Waals surface area contributed by atoms with E-state index in [2.05, 4.69) is 15.5 Å². The van der Waals surface area contributed by atoms with Crippen molar-refractivity contribution >= 4 is 11.6 Å². The number of amides is 1. The van der Waals surface area contributed by atoms with Gasteiger partial charge in [0.25, 0.3) is 0 Å². The van der Waals surface area contributed by atoms with Crippen LogP contribution in [0.2, 0.25) is 0 Å². The quantitative estimate of drug-likeness (QED) is 0.499. The molecule has 0 radical (unpaired) electrons. The molecule has 3 aromatic rings. The summed E-state index contributed by atoms with van der Waals surface area (Å²) in [5.41, 5.74) is 1.81. The Balaban J connectivity index is 1.48. The lowest BCUT2D eigenvalue weighted by atomic mass is 10.1. The largest absolute Gasteiger partial charge is 0.435 e. The zero-order valence-electron chi connectivity index (χ0n) is 18.6. The Morgan fingerprint density at radius 2 is 1.88 bits per heavy atom. The Kier molecular flexibility index (Phi) is 6.02. The molecule has 1 N–H and O–H groups in total. The molecule has 1 amide bonds. The predicted molar refractivity (Wildman–Crippen MR) is 114 cm³/mol. The van der Waals surface area contributed by atoms with Gasteiger partial charge in [-0.15, -0.1) is 0 Å². The van der Waals surface area contributed by atoms with Gasteiger partial charge in [0, 0.05) is 17.2 Å². The smallest absolute Gasteiger partial charge is 0.323 e. The molecule has 1 fully saturated rings. The summed E-state index contributed by atoms with van der Waals surface area (Å²) in [4.78, 5) is 12.9. The van der Waals surface area contributed by atoms with Crippen LogP contribution in [0.15, 0.2) is 30.3 Å². The molecule has 0 saturated heterocycles. The number of hydrogen-bond donors (Lipinski definition) is 1. The van der Waals surface area contributed by atoms with Gasteiger partial charge in [-0.25, -0.2) is 4.39 Å². The van der Waals surface area contributed by atoms with E-state index in [0.29, 0.717) is 28.3 Å². The van der Waals surface area contributed by atoms with Crippen LogP contribution in [-0.4, -0.2) is 25.5 Å². The van der Waals surface area contributed by atoms with E-state index < -0.39 is 17.8 Å². The topological polar surface area (TPSA) is 64.7 Å². The number of rotatable bonds is 7. The second-order valence-electron chi connectivity index (χ2n) is 8.59. The summed E-state index contributed by atoms with van der Waals surface area (Å²) in [5, 5.41) is 11.0. The lowest BCUT2D eigenvalue weighted by molar-refractivity contribution is -0.141. The molecule has 2 aromatic heterocycles. The molecule has 10 heteroatoms. The Bertz CT molecular complexity index is 1180. The summed E-state index contributed by atoms with van der Waals surface area (Å²) in [6.07, 6.45) is -2.88. The van der Waals surface area contributed by atoms with Gasteiger partial charge in [0.15, 0.2) is 5.69 Å². The van der Waals surface area contributed by atoms with Crippen molar-refractivity contribution in [1.82, 2.24) is 19.6 Å². The van der Waals surface area contributed by atoms with E-state index in [9.17, 15) is 22.4 Å². The van der Waals surface area contributed by atoms with E-state index >= 15 is 0 Å². The van der Waals surface area contributed by atoms with Gasteiger partial charge in [-0.05, 0) is 38.8 Å². The molecular formula is C23H25F4N5O. The van der Waals surface area contributed by atoms with Gasteiger partial charge < -0.3 is 5.32 Å². The van der Waals surface area contributed by atoms with Crippen molar-refractivity contribution in [3.05, 3.63) is 64.5 Å². The fraction of sp³-hybridized carbons (Fsp3) is 0.435. The van der Waals surface area contributed by atoms with Gasteiger partial charge in [-0.2, -0.15) is 23.4 Å². The summed E-state index contributed by atoms with van der Waals surface area (Å²) < 4.78 is 56.3. The van der Waals surface area contributed by atoms with E-state index in [1.54, 1.807) is 43.7 Å². The van der Waals surface area contributed by atoms with Crippen molar-refractivity contribution in [2.75, 3.05) is 5.32 Å². The van der Waals surface area contributed by atoms with Crippen molar-refractivity contribution in [2.45, 2.75) is 58.8 Å². The van der Waals surface area contributed by atoms with Gasteiger partial charge in [-0.1, -0.05) is 25.1 Å². The maximum atomic E-state index is 14.0. The third-order valence-corrected chi connectivity index (χ3v) is 5.90. The summed E-state index contributed by atoms with van der Waals surface area (Å²) in [7, 11) is 0. The summed E-state index contributed by atoms with van der Waals surface area (Å²) in [5.74, 6) is -1.26. The number of anilines is 1.